The summed E-state index contributed by atoms with van der Waals surface area (Å²) in [6, 6.07) is 4.99. The maximum atomic E-state index is 11.1. The van der Waals surface area contributed by atoms with Crippen molar-refractivity contribution < 1.29 is 14.7 Å². The lowest BCUT2D eigenvalue weighted by molar-refractivity contribution is -0.138. The molecule has 1 unspecified atom stereocenters. The van der Waals surface area contributed by atoms with Gasteiger partial charge in [-0.3, -0.25) is 14.5 Å². The minimum atomic E-state index is -0.789. The van der Waals surface area contributed by atoms with Gasteiger partial charge in [0.2, 0.25) is 5.91 Å². The number of carboxylic acids is 1. The van der Waals surface area contributed by atoms with E-state index in [1.807, 2.05) is 0 Å². The van der Waals surface area contributed by atoms with Crippen LogP contribution in [-0.2, 0) is 11.3 Å². The smallest absolute Gasteiger partial charge is 0.304 e. The third-order valence-corrected chi connectivity index (χ3v) is 4.91. The van der Waals surface area contributed by atoms with Crippen molar-refractivity contribution >= 4 is 35.2 Å². The molecule has 0 saturated carbocycles. The van der Waals surface area contributed by atoms with E-state index in [1.165, 1.54) is 0 Å². The lowest BCUT2D eigenvalue weighted by Gasteiger charge is -2.34. The molecular formula is C14H17ClN2O3S. The average Bonchev–Trinajstić information content (AvgIpc) is 2.42. The first-order valence-corrected chi connectivity index (χ1v) is 8.12. The molecule has 0 radical (unpaired) electrons. The summed E-state index contributed by atoms with van der Waals surface area (Å²) in [7, 11) is 0. The zero-order chi connectivity index (χ0) is 15.4. The molecule has 1 atom stereocenters. The van der Waals surface area contributed by atoms with Crippen molar-refractivity contribution in [3.05, 3.63) is 34.3 Å². The summed E-state index contributed by atoms with van der Waals surface area (Å²) >= 11 is 7.96. The molecule has 7 heteroatoms. The number of benzene rings is 1. The zero-order valence-corrected chi connectivity index (χ0v) is 13.0. The molecule has 1 heterocycles. The Balaban J connectivity index is 2.11. The highest BCUT2D eigenvalue weighted by Crippen LogP contribution is 2.25. The molecule has 1 aromatic rings. The summed E-state index contributed by atoms with van der Waals surface area (Å²) in [5.74, 6) is 0.486. The number of carbonyl (C=O) groups excluding carboxylic acids is 1. The molecule has 3 N–H and O–H groups in total. The number of halogens is 1. The Morgan fingerprint density at radius 3 is 2.86 bits per heavy atom. The van der Waals surface area contributed by atoms with Gasteiger partial charge in [0.05, 0.1) is 6.42 Å². The first kappa shape index (κ1) is 16.1. The van der Waals surface area contributed by atoms with Crippen molar-refractivity contribution in [2.45, 2.75) is 19.0 Å². The number of amides is 1. The number of hydrogen-bond donors (Lipinski definition) is 2. The van der Waals surface area contributed by atoms with E-state index in [9.17, 15) is 9.59 Å². The van der Waals surface area contributed by atoms with E-state index in [0.29, 0.717) is 17.1 Å². The van der Waals surface area contributed by atoms with Crippen molar-refractivity contribution in [1.82, 2.24) is 4.90 Å². The standard InChI is InChI=1S/C14H17ClN2O3S/c15-12-5-9(14(16)20)1-2-10(12)7-17-3-4-21-8-11(17)6-13(18)19/h1-2,5,11H,3-4,6-8H2,(H2,16,20)(H,18,19). The molecule has 1 aromatic carbocycles. The summed E-state index contributed by atoms with van der Waals surface area (Å²) in [5, 5.41) is 9.47. The number of hydrogen-bond acceptors (Lipinski definition) is 4. The summed E-state index contributed by atoms with van der Waals surface area (Å²) < 4.78 is 0. The Morgan fingerprint density at radius 2 is 2.24 bits per heavy atom. The zero-order valence-electron chi connectivity index (χ0n) is 11.4. The monoisotopic (exact) mass is 328 g/mol. The van der Waals surface area contributed by atoms with E-state index in [0.717, 1.165) is 23.6 Å². The van der Waals surface area contributed by atoms with Crippen LogP contribution in [0.3, 0.4) is 0 Å². The average molecular weight is 329 g/mol. The van der Waals surface area contributed by atoms with Crippen LogP contribution in [0.2, 0.25) is 5.02 Å². The highest BCUT2D eigenvalue weighted by Gasteiger charge is 2.25. The van der Waals surface area contributed by atoms with Gasteiger partial charge in [-0.2, -0.15) is 11.8 Å². The maximum Gasteiger partial charge on any atom is 0.304 e. The van der Waals surface area contributed by atoms with Gasteiger partial charge in [-0.25, -0.2) is 0 Å². The van der Waals surface area contributed by atoms with E-state index >= 15 is 0 Å². The van der Waals surface area contributed by atoms with Crippen LogP contribution in [0.4, 0.5) is 0 Å². The van der Waals surface area contributed by atoms with Crippen LogP contribution in [0, 0.1) is 0 Å². The van der Waals surface area contributed by atoms with Gasteiger partial charge in [-0.1, -0.05) is 17.7 Å². The van der Waals surface area contributed by atoms with Crippen LogP contribution in [0.15, 0.2) is 18.2 Å². The summed E-state index contributed by atoms with van der Waals surface area (Å²) in [6.45, 7) is 1.41. The van der Waals surface area contributed by atoms with Crippen molar-refractivity contribution in [2.75, 3.05) is 18.1 Å². The quantitative estimate of drug-likeness (QED) is 0.861. The molecule has 1 aliphatic rings. The Kier molecular flexibility index (Phi) is 5.50. The molecule has 0 spiro atoms. The van der Waals surface area contributed by atoms with Gasteiger partial charge in [0.1, 0.15) is 0 Å². The molecule has 0 aliphatic carbocycles. The lowest BCUT2D eigenvalue weighted by Crippen LogP contribution is -2.43. The number of nitrogens with zero attached hydrogens (tertiary/aromatic N) is 1. The predicted octanol–water partition coefficient (Wildman–Crippen LogP) is 1.83. The molecule has 5 nitrogen and oxygen atoms in total. The Bertz CT molecular complexity index is 553. The van der Waals surface area contributed by atoms with E-state index in [1.54, 1.807) is 30.0 Å². The Hall–Kier alpha value is -1.24. The van der Waals surface area contributed by atoms with E-state index < -0.39 is 11.9 Å². The molecule has 1 aliphatic heterocycles. The molecule has 0 bridgehead atoms. The molecule has 1 fully saturated rings. The number of primary amides is 1. The van der Waals surface area contributed by atoms with Crippen LogP contribution < -0.4 is 5.73 Å². The van der Waals surface area contributed by atoms with Crippen molar-refractivity contribution in [3.63, 3.8) is 0 Å². The van der Waals surface area contributed by atoms with E-state index in [2.05, 4.69) is 4.90 Å². The fraction of sp³-hybridized carbons (Fsp3) is 0.429. The van der Waals surface area contributed by atoms with Gasteiger partial charge in [0.15, 0.2) is 0 Å². The van der Waals surface area contributed by atoms with Gasteiger partial charge in [0.25, 0.3) is 0 Å². The Labute approximate surface area is 132 Å². The second kappa shape index (κ2) is 7.15. The number of rotatable bonds is 5. The maximum absolute atomic E-state index is 11.1. The van der Waals surface area contributed by atoms with Gasteiger partial charge in [-0.05, 0) is 17.7 Å². The number of aliphatic carboxylic acids is 1. The second-order valence-electron chi connectivity index (χ2n) is 4.97. The first-order valence-electron chi connectivity index (χ1n) is 6.59. The SMILES string of the molecule is NC(=O)c1ccc(CN2CCSCC2CC(=O)O)c(Cl)c1. The molecule has 21 heavy (non-hydrogen) atoms. The van der Waals surface area contributed by atoms with Crippen LogP contribution in [0.1, 0.15) is 22.3 Å². The highest BCUT2D eigenvalue weighted by molar-refractivity contribution is 7.99. The van der Waals surface area contributed by atoms with Crippen molar-refractivity contribution in [3.8, 4) is 0 Å². The van der Waals surface area contributed by atoms with Crippen molar-refractivity contribution in [2.24, 2.45) is 5.73 Å². The fourth-order valence-electron chi connectivity index (χ4n) is 2.33. The molecule has 0 aromatic heterocycles. The van der Waals surface area contributed by atoms with Crippen molar-refractivity contribution in [1.29, 1.82) is 0 Å². The summed E-state index contributed by atoms with van der Waals surface area (Å²) in [6.07, 6.45) is 0.129. The predicted molar refractivity (Wildman–Crippen MR) is 83.7 cm³/mol. The first-order chi connectivity index (χ1) is 9.97. The summed E-state index contributed by atoms with van der Waals surface area (Å²) in [5.41, 5.74) is 6.47. The molecule has 114 valence electrons. The topological polar surface area (TPSA) is 83.6 Å². The second-order valence-corrected chi connectivity index (χ2v) is 6.52. The van der Waals surface area contributed by atoms with Crippen LogP contribution in [0.25, 0.3) is 0 Å². The summed E-state index contributed by atoms with van der Waals surface area (Å²) in [4.78, 5) is 24.2. The van der Waals surface area contributed by atoms with Gasteiger partial charge in [-0.15, -0.1) is 0 Å². The fourth-order valence-corrected chi connectivity index (χ4v) is 3.71. The minimum Gasteiger partial charge on any atom is -0.481 e. The molecule has 1 saturated heterocycles. The van der Waals surface area contributed by atoms with Crippen LogP contribution >= 0.6 is 23.4 Å². The molecular weight excluding hydrogens is 312 g/mol. The minimum absolute atomic E-state index is 0.00753. The molecule has 1 amide bonds. The largest absolute Gasteiger partial charge is 0.481 e. The van der Waals surface area contributed by atoms with Crippen LogP contribution in [-0.4, -0.2) is 46.0 Å². The number of carboxylic acid groups (broad SMARTS) is 1. The lowest BCUT2D eigenvalue weighted by atomic mass is 10.1. The number of carbonyl (C=O) groups is 2. The molecule has 2 rings (SSSR count). The third kappa shape index (κ3) is 4.36. The third-order valence-electron chi connectivity index (χ3n) is 3.47. The number of nitrogens with two attached hydrogens (primary N) is 1. The van der Waals surface area contributed by atoms with Gasteiger partial charge < -0.3 is 10.8 Å². The van der Waals surface area contributed by atoms with Gasteiger partial charge >= 0.3 is 5.97 Å². The highest BCUT2D eigenvalue weighted by atomic mass is 35.5. The van der Waals surface area contributed by atoms with Crippen LogP contribution in [0.5, 0.6) is 0 Å². The van der Waals surface area contributed by atoms with E-state index in [4.69, 9.17) is 22.4 Å². The van der Waals surface area contributed by atoms with E-state index in [-0.39, 0.29) is 12.5 Å². The van der Waals surface area contributed by atoms with Gasteiger partial charge in [0, 0.05) is 41.2 Å². The normalized spacial score (nSPS) is 19.4. The number of thioether (sulfide) groups is 1. The Morgan fingerprint density at radius 1 is 1.48 bits per heavy atom.